The number of rotatable bonds is 5. The van der Waals surface area contributed by atoms with Crippen LogP contribution in [0, 0.1) is 0 Å². The number of carbonyl (C=O) groups excluding carboxylic acids is 1. The zero-order chi connectivity index (χ0) is 14.4. The first-order valence-corrected chi connectivity index (χ1v) is 6.29. The topological polar surface area (TPSA) is 92.1 Å². The van der Waals surface area contributed by atoms with E-state index < -0.39 is 0 Å². The number of hydrogen-bond donors (Lipinski definition) is 3. The van der Waals surface area contributed by atoms with Gasteiger partial charge in [0.25, 0.3) is 0 Å². The SMILES string of the molecule is CC(CO)NC(=O)Nc1ccnn1Cc1ccccn1. The summed E-state index contributed by atoms with van der Waals surface area (Å²) in [4.78, 5) is 15.9. The Hall–Kier alpha value is -2.41. The number of carbonyl (C=O) groups is 1. The molecule has 0 aliphatic rings. The molecule has 0 radical (unpaired) electrons. The van der Waals surface area contributed by atoms with E-state index in [2.05, 4.69) is 20.7 Å². The first-order chi connectivity index (χ1) is 9.69. The molecule has 0 fully saturated rings. The summed E-state index contributed by atoms with van der Waals surface area (Å²) >= 11 is 0. The van der Waals surface area contributed by atoms with E-state index in [0.717, 1.165) is 5.69 Å². The second-order valence-electron chi connectivity index (χ2n) is 4.38. The highest BCUT2D eigenvalue weighted by molar-refractivity contribution is 5.88. The van der Waals surface area contributed by atoms with Crippen molar-refractivity contribution in [3.05, 3.63) is 42.4 Å². The summed E-state index contributed by atoms with van der Waals surface area (Å²) in [6.07, 6.45) is 3.32. The van der Waals surface area contributed by atoms with Gasteiger partial charge >= 0.3 is 6.03 Å². The second-order valence-corrected chi connectivity index (χ2v) is 4.38. The fourth-order valence-electron chi connectivity index (χ4n) is 1.63. The van der Waals surface area contributed by atoms with E-state index in [1.54, 1.807) is 30.1 Å². The summed E-state index contributed by atoms with van der Waals surface area (Å²) in [5.41, 5.74) is 0.850. The molecule has 0 aromatic carbocycles. The van der Waals surface area contributed by atoms with Crippen LogP contribution in [-0.4, -0.2) is 38.6 Å². The van der Waals surface area contributed by atoms with Gasteiger partial charge in [-0.15, -0.1) is 0 Å². The van der Waals surface area contributed by atoms with Crippen LogP contribution in [-0.2, 0) is 6.54 Å². The molecule has 1 unspecified atom stereocenters. The smallest absolute Gasteiger partial charge is 0.320 e. The van der Waals surface area contributed by atoms with E-state index in [4.69, 9.17) is 5.11 Å². The van der Waals surface area contributed by atoms with E-state index in [1.165, 1.54) is 0 Å². The quantitative estimate of drug-likeness (QED) is 0.753. The van der Waals surface area contributed by atoms with Gasteiger partial charge < -0.3 is 10.4 Å². The van der Waals surface area contributed by atoms with Gasteiger partial charge in [-0.25, -0.2) is 9.48 Å². The van der Waals surface area contributed by atoms with E-state index in [1.807, 2.05) is 18.2 Å². The molecule has 2 aromatic heterocycles. The lowest BCUT2D eigenvalue weighted by molar-refractivity contribution is 0.229. The number of hydrogen-bond acceptors (Lipinski definition) is 4. The predicted molar refractivity (Wildman–Crippen MR) is 74.3 cm³/mol. The number of aliphatic hydroxyl groups is 1. The zero-order valence-electron chi connectivity index (χ0n) is 11.2. The lowest BCUT2D eigenvalue weighted by Crippen LogP contribution is -2.38. The van der Waals surface area contributed by atoms with Crippen molar-refractivity contribution < 1.29 is 9.90 Å². The fraction of sp³-hybridized carbons (Fsp3) is 0.308. The van der Waals surface area contributed by atoms with Gasteiger partial charge in [-0.2, -0.15) is 5.10 Å². The van der Waals surface area contributed by atoms with Gasteiger partial charge in [0.2, 0.25) is 0 Å². The number of nitrogens with one attached hydrogen (secondary N) is 2. The second kappa shape index (κ2) is 6.67. The molecule has 0 saturated carbocycles. The molecular formula is C13H17N5O2. The largest absolute Gasteiger partial charge is 0.394 e. The molecule has 20 heavy (non-hydrogen) atoms. The number of urea groups is 1. The molecule has 2 rings (SSSR count). The van der Waals surface area contributed by atoms with Crippen LogP contribution in [0.5, 0.6) is 0 Å². The van der Waals surface area contributed by atoms with Crippen LogP contribution in [0.2, 0.25) is 0 Å². The Morgan fingerprint density at radius 2 is 2.25 bits per heavy atom. The summed E-state index contributed by atoms with van der Waals surface area (Å²) in [6, 6.07) is 6.65. The Morgan fingerprint density at radius 1 is 1.40 bits per heavy atom. The third-order valence-corrected chi connectivity index (χ3v) is 2.65. The maximum Gasteiger partial charge on any atom is 0.320 e. The van der Waals surface area contributed by atoms with Crippen molar-refractivity contribution in [3.63, 3.8) is 0 Å². The molecule has 2 amide bonds. The number of anilines is 1. The molecule has 0 saturated heterocycles. The molecule has 0 aliphatic heterocycles. The minimum absolute atomic E-state index is 0.110. The van der Waals surface area contributed by atoms with Crippen LogP contribution in [0.25, 0.3) is 0 Å². The van der Waals surface area contributed by atoms with Crippen molar-refractivity contribution in [2.75, 3.05) is 11.9 Å². The van der Waals surface area contributed by atoms with Gasteiger partial charge in [0.05, 0.1) is 31.1 Å². The molecule has 2 aromatic rings. The van der Waals surface area contributed by atoms with Crippen LogP contribution in [0.4, 0.5) is 10.6 Å². The fourth-order valence-corrected chi connectivity index (χ4v) is 1.63. The molecular weight excluding hydrogens is 258 g/mol. The molecule has 7 nitrogen and oxygen atoms in total. The Balaban J connectivity index is 2.00. The molecule has 7 heteroatoms. The van der Waals surface area contributed by atoms with Gasteiger partial charge in [-0.05, 0) is 19.1 Å². The van der Waals surface area contributed by atoms with Gasteiger partial charge in [0.1, 0.15) is 5.82 Å². The molecule has 0 spiro atoms. The molecule has 0 bridgehead atoms. The van der Waals surface area contributed by atoms with Crippen LogP contribution in [0.1, 0.15) is 12.6 Å². The van der Waals surface area contributed by atoms with Gasteiger partial charge in [0.15, 0.2) is 0 Å². The van der Waals surface area contributed by atoms with E-state index in [-0.39, 0.29) is 18.7 Å². The summed E-state index contributed by atoms with van der Waals surface area (Å²) in [5, 5.41) is 18.3. The standard InChI is InChI=1S/C13H17N5O2/c1-10(9-19)16-13(20)17-12-5-7-15-18(12)8-11-4-2-3-6-14-11/h2-7,10,19H,8-9H2,1H3,(H2,16,17,20). The Bertz CT molecular complexity index is 555. The summed E-state index contributed by atoms with van der Waals surface area (Å²) in [7, 11) is 0. The Kier molecular flexibility index (Phi) is 4.67. The number of pyridine rings is 1. The van der Waals surface area contributed by atoms with Gasteiger partial charge in [0, 0.05) is 12.3 Å². The molecule has 3 N–H and O–H groups in total. The first kappa shape index (κ1) is 14.0. The van der Waals surface area contributed by atoms with Crippen LogP contribution < -0.4 is 10.6 Å². The van der Waals surface area contributed by atoms with E-state index in [9.17, 15) is 4.79 Å². The lowest BCUT2D eigenvalue weighted by atomic mass is 10.3. The normalized spacial score (nSPS) is 11.9. The average Bonchev–Trinajstić information content (AvgIpc) is 2.86. The number of amides is 2. The van der Waals surface area contributed by atoms with Crippen molar-refractivity contribution >= 4 is 11.8 Å². The van der Waals surface area contributed by atoms with Crippen molar-refractivity contribution in [1.82, 2.24) is 20.1 Å². The maximum absolute atomic E-state index is 11.7. The number of aromatic nitrogens is 3. The minimum Gasteiger partial charge on any atom is -0.394 e. The summed E-state index contributed by atoms with van der Waals surface area (Å²) in [5.74, 6) is 0.568. The third kappa shape index (κ3) is 3.79. The van der Waals surface area contributed by atoms with Gasteiger partial charge in [-0.3, -0.25) is 10.3 Å². The highest BCUT2D eigenvalue weighted by atomic mass is 16.3. The van der Waals surface area contributed by atoms with Crippen molar-refractivity contribution in [2.45, 2.75) is 19.5 Å². The first-order valence-electron chi connectivity index (χ1n) is 6.29. The minimum atomic E-state index is -0.380. The molecule has 2 heterocycles. The molecule has 0 aliphatic carbocycles. The van der Waals surface area contributed by atoms with Crippen LogP contribution >= 0.6 is 0 Å². The Morgan fingerprint density at radius 3 is 2.95 bits per heavy atom. The van der Waals surface area contributed by atoms with Crippen LogP contribution in [0.15, 0.2) is 36.7 Å². The van der Waals surface area contributed by atoms with Gasteiger partial charge in [-0.1, -0.05) is 6.07 Å². The lowest BCUT2D eigenvalue weighted by Gasteiger charge is -2.13. The van der Waals surface area contributed by atoms with E-state index in [0.29, 0.717) is 12.4 Å². The monoisotopic (exact) mass is 275 g/mol. The van der Waals surface area contributed by atoms with Crippen molar-refractivity contribution in [1.29, 1.82) is 0 Å². The summed E-state index contributed by atoms with van der Waals surface area (Å²) < 4.78 is 1.64. The number of nitrogens with zero attached hydrogens (tertiary/aromatic N) is 3. The highest BCUT2D eigenvalue weighted by Gasteiger charge is 2.09. The van der Waals surface area contributed by atoms with Crippen molar-refractivity contribution in [3.8, 4) is 0 Å². The molecule has 106 valence electrons. The van der Waals surface area contributed by atoms with Crippen LogP contribution in [0.3, 0.4) is 0 Å². The van der Waals surface area contributed by atoms with E-state index >= 15 is 0 Å². The maximum atomic E-state index is 11.7. The highest BCUT2D eigenvalue weighted by Crippen LogP contribution is 2.08. The van der Waals surface area contributed by atoms with Crippen molar-refractivity contribution in [2.24, 2.45) is 0 Å². The third-order valence-electron chi connectivity index (χ3n) is 2.65. The molecule has 1 atom stereocenters. The Labute approximate surface area is 116 Å². The summed E-state index contributed by atoms with van der Waals surface area (Å²) in [6.45, 7) is 2.07. The predicted octanol–water partition coefficient (Wildman–Crippen LogP) is 0.829. The number of aliphatic hydroxyl groups excluding tert-OH is 1. The zero-order valence-corrected chi connectivity index (χ0v) is 11.2. The average molecular weight is 275 g/mol.